The highest BCUT2D eigenvalue weighted by Gasteiger charge is 2.28. The quantitative estimate of drug-likeness (QED) is 0.638. The van der Waals surface area contributed by atoms with Crippen LogP contribution < -0.4 is 5.32 Å². The minimum atomic E-state index is -0.584. The summed E-state index contributed by atoms with van der Waals surface area (Å²) in [6.45, 7) is 1.49. The number of hydrogen-bond donors (Lipinski definition) is 2. The first kappa shape index (κ1) is 19.6. The van der Waals surface area contributed by atoms with E-state index >= 15 is 0 Å². The molecule has 2 heterocycles. The molecule has 7 nitrogen and oxygen atoms in total. The zero-order valence-electron chi connectivity index (χ0n) is 16.3. The summed E-state index contributed by atoms with van der Waals surface area (Å²) >= 11 is 0. The Morgan fingerprint density at radius 1 is 1.31 bits per heavy atom. The van der Waals surface area contributed by atoms with Gasteiger partial charge in [-0.1, -0.05) is 41.6 Å². The number of aliphatic hydroxyl groups is 1. The second-order valence-electron chi connectivity index (χ2n) is 7.19. The molecule has 1 aliphatic rings. The van der Waals surface area contributed by atoms with Crippen LogP contribution in [0.2, 0.25) is 0 Å². The lowest BCUT2D eigenvalue weighted by molar-refractivity contribution is 0.0931. The first-order chi connectivity index (χ1) is 14.2. The Labute approximate surface area is 168 Å². The van der Waals surface area contributed by atoms with E-state index in [4.69, 9.17) is 14.0 Å². The predicted molar refractivity (Wildman–Crippen MR) is 106 cm³/mol. The van der Waals surface area contributed by atoms with Crippen molar-refractivity contribution in [2.24, 2.45) is 5.92 Å². The highest BCUT2D eigenvalue weighted by atomic mass is 16.5. The molecule has 29 heavy (non-hydrogen) atoms. The highest BCUT2D eigenvalue weighted by molar-refractivity contribution is 5.93. The summed E-state index contributed by atoms with van der Waals surface area (Å²) in [7, 11) is 1.56. The minimum Gasteiger partial charge on any atom is -0.391 e. The summed E-state index contributed by atoms with van der Waals surface area (Å²) < 4.78 is 16.5. The zero-order chi connectivity index (χ0) is 20.2. The summed E-state index contributed by atoms with van der Waals surface area (Å²) in [5.74, 6) is 0.260. The minimum absolute atomic E-state index is 0.0873. The largest absolute Gasteiger partial charge is 0.391 e. The van der Waals surface area contributed by atoms with E-state index in [-0.39, 0.29) is 18.2 Å². The molecule has 0 aliphatic carbocycles. The molecule has 2 aromatic carbocycles. The number of hydrogen-bond acceptors (Lipinski definition) is 6. The third kappa shape index (κ3) is 4.03. The maximum atomic E-state index is 12.6. The summed E-state index contributed by atoms with van der Waals surface area (Å²) in [6.07, 6.45) is 0.337. The Morgan fingerprint density at radius 2 is 2.14 bits per heavy atom. The van der Waals surface area contributed by atoms with Crippen LogP contribution in [-0.2, 0) is 16.1 Å². The van der Waals surface area contributed by atoms with Crippen molar-refractivity contribution in [3.8, 4) is 0 Å². The summed E-state index contributed by atoms with van der Waals surface area (Å²) in [5.41, 5.74) is 1.28. The lowest BCUT2D eigenvalue weighted by atomic mass is 9.99. The SMILES string of the molecule is COC(c1ccc2ccccc2c1)c1onc(C(=O)NCC2CCOC2)c1CO. The maximum absolute atomic E-state index is 12.6. The van der Waals surface area contributed by atoms with Crippen LogP contribution >= 0.6 is 0 Å². The summed E-state index contributed by atoms with van der Waals surface area (Å²) in [5, 5.41) is 18.9. The van der Waals surface area contributed by atoms with Crippen molar-refractivity contribution >= 4 is 16.7 Å². The van der Waals surface area contributed by atoms with Crippen LogP contribution in [0, 0.1) is 5.92 Å². The molecule has 1 saturated heterocycles. The Kier molecular flexibility index (Phi) is 5.89. The molecule has 2 atom stereocenters. The normalized spacial score (nSPS) is 17.5. The van der Waals surface area contributed by atoms with E-state index in [1.54, 1.807) is 7.11 Å². The lowest BCUT2D eigenvalue weighted by Crippen LogP contribution is -2.30. The van der Waals surface area contributed by atoms with E-state index in [1.165, 1.54) is 0 Å². The van der Waals surface area contributed by atoms with Gasteiger partial charge in [0.2, 0.25) is 0 Å². The lowest BCUT2D eigenvalue weighted by Gasteiger charge is -2.15. The van der Waals surface area contributed by atoms with Gasteiger partial charge in [-0.3, -0.25) is 4.79 Å². The summed E-state index contributed by atoms with van der Waals surface area (Å²) in [6, 6.07) is 14.0. The van der Waals surface area contributed by atoms with Crippen molar-refractivity contribution in [3.05, 3.63) is 65.0 Å². The first-order valence-electron chi connectivity index (χ1n) is 9.68. The van der Waals surface area contributed by atoms with Gasteiger partial charge < -0.3 is 24.4 Å². The molecular weight excluding hydrogens is 372 g/mol. The van der Waals surface area contributed by atoms with Gasteiger partial charge in [-0.2, -0.15) is 0 Å². The molecular formula is C22H24N2O5. The number of carbonyl (C=O) groups excluding carboxylic acids is 1. The van der Waals surface area contributed by atoms with Crippen LogP contribution in [0.3, 0.4) is 0 Å². The number of nitrogens with zero attached hydrogens (tertiary/aromatic N) is 1. The fourth-order valence-corrected chi connectivity index (χ4v) is 3.69. The van der Waals surface area contributed by atoms with Crippen LogP contribution in [0.4, 0.5) is 0 Å². The van der Waals surface area contributed by atoms with Crippen molar-refractivity contribution in [2.75, 3.05) is 26.9 Å². The zero-order valence-corrected chi connectivity index (χ0v) is 16.3. The van der Waals surface area contributed by atoms with Crippen molar-refractivity contribution in [1.82, 2.24) is 10.5 Å². The Bertz CT molecular complexity index is 994. The van der Waals surface area contributed by atoms with E-state index in [2.05, 4.69) is 10.5 Å². The second-order valence-corrected chi connectivity index (χ2v) is 7.19. The molecule has 1 fully saturated rings. The molecule has 1 amide bonds. The molecule has 2 N–H and O–H groups in total. The number of ether oxygens (including phenoxy) is 2. The van der Waals surface area contributed by atoms with Gasteiger partial charge in [-0.15, -0.1) is 0 Å². The number of benzene rings is 2. The van der Waals surface area contributed by atoms with E-state index in [0.29, 0.717) is 30.4 Å². The second kappa shape index (κ2) is 8.73. The molecule has 0 bridgehead atoms. The summed E-state index contributed by atoms with van der Waals surface area (Å²) in [4.78, 5) is 12.6. The molecule has 4 rings (SSSR count). The fraction of sp³-hybridized carbons (Fsp3) is 0.364. The maximum Gasteiger partial charge on any atom is 0.273 e. The van der Waals surface area contributed by atoms with Crippen molar-refractivity contribution in [1.29, 1.82) is 0 Å². The van der Waals surface area contributed by atoms with Crippen molar-refractivity contribution in [3.63, 3.8) is 0 Å². The van der Waals surface area contributed by atoms with Gasteiger partial charge in [0.15, 0.2) is 11.5 Å². The van der Waals surface area contributed by atoms with Crippen LogP contribution in [0.1, 0.15) is 39.9 Å². The standard InChI is InChI=1S/C22H24N2O5/c1-27-20(17-7-6-15-4-2-3-5-16(15)10-17)21-18(12-25)19(24-29-21)22(26)23-11-14-8-9-28-13-14/h2-7,10,14,20,25H,8-9,11-13H2,1H3,(H,23,26). The van der Waals surface area contributed by atoms with Gasteiger partial charge in [-0.05, 0) is 28.8 Å². The average Bonchev–Trinajstić information content (AvgIpc) is 3.42. The van der Waals surface area contributed by atoms with Crippen LogP contribution in [0.15, 0.2) is 47.0 Å². The molecule has 3 aromatic rings. The number of nitrogens with one attached hydrogen (secondary N) is 1. The van der Waals surface area contributed by atoms with Crippen LogP contribution in [-0.4, -0.2) is 43.0 Å². The molecule has 7 heteroatoms. The smallest absolute Gasteiger partial charge is 0.273 e. The van der Waals surface area contributed by atoms with Gasteiger partial charge in [-0.25, -0.2) is 0 Å². The molecule has 0 radical (unpaired) electrons. The van der Waals surface area contributed by atoms with Gasteiger partial charge in [0.25, 0.3) is 5.91 Å². The number of aliphatic hydroxyl groups excluding tert-OH is 1. The van der Waals surface area contributed by atoms with E-state index in [1.807, 2.05) is 42.5 Å². The number of carbonyl (C=O) groups is 1. The van der Waals surface area contributed by atoms with Gasteiger partial charge in [0.05, 0.1) is 18.8 Å². The van der Waals surface area contributed by atoms with E-state index in [0.717, 1.165) is 29.4 Å². The number of rotatable bonds is 7. The van der Waals surface area contributed by atoms with Crippen LogP contribution in [0.5, 0.6) is 0 Å². The predicted octanol–water partition coefficient (Wildman–Crippen LogP) is 2.82. The molecule has 0 spiro atoms. The topological polar surface area (TPSA) is 93.8 Å². The third-order valence-electron chi connectivity index (χ3n) is 5.32. The Balaban J connectivity index is 1.59. The first-order valence-corrected chi connectivity index (χ1v) is 9.68. The third-order valence-corrected chi connectivity index (χ3v) is 5.32. The van der Waals surface area contributed by atoms with E-state index in [9.17, 15) is 9.90 Å². The molecule has 2 unspecified atom stereocenters. The Hall–Kier alpha value is -2.74. The fourth-order valence-electron chi connectivity index (χ4n) is 3.69. The number of aromatic nitrogens is 1. The average molecular weight is 396 g/mol. The molecule has 1 aromatic heterocycles. The van der Waals surface area contributed by atoms with Gasteiger partial charge in [0, 0.05) is 26.2 Å². The molecule has 152 valence electrons. The van der Waals surface area contributed by atoms with Crippen molar-refractivity contribution < 1.29 is 23.9 Å². The molecule has 0 saturated carbocycles. The Morgan fingerprint density at radius 3 is 2.86 bits per heavy atom. The van der Waals surface area contributed by atoms with E-state index < -0.39 is 6.10 Å². The number of amides is 1. The van der Waals surface area contributed by atoms with Crippen LogP contribution in [0.25, 0.3) is 10.8 Å². The number of fused-ring (bicyclic) bond motifs is 1. The monoisotopic (exact) mass is 396 g/mol. The van der Waals surface area contributed by atoms with Gasteiger partial charge >= 0.3 is 0 Å². The van der Waals surface area contributed by atoms with Gasteiger partial charge in [0.1, 0.15) is 6.10 Å². The van der Waals surface area contributed by atoms with Crippen molar-refractivity contribution in [2.45, 2.75) is 19.1 Å². The number of methoxy groups -OCH3 is 1. The molecule has 1 aliphatic heterocycles. The highest BCUT2D eigenvalue weighted by Crippen LogP contribution is 2.32.